The van der Waals surface area contributed by atoms with Crippen LogP contribution in [0.15, 0.2) is 22.7 Å². The van der Waals surface area contributed by atoms with Gasteiger partial charge >= 0.3 is 6.18 Å². The predicted octanol–water partition coefficient (Wildman–Crippen LogP) is 2.93. The first-order valence-corrected chi connectivity index (χ1v) is 5.71. The molecular weight excluding hydrogens is 315 g/mol. The van der Waals surface area contributed by atoms with Crippen LogP contribution >= 0.6 is 15.9 Å². The van der Waals surface area contributed by atoms with Gasteiger partial charge in [0.25, 0.3) is 5.91 Å². The van der Waals surface area contributed by atoms with Gasteiger partial charge in [0.2, 0.25) is 0 Å². The summed E-state index contributed by atoms with van der Waals surface area (Å²) in [6.07, 6.45) is -4.44. The first-order chi connectivity index (χ1) is 8.21. The lowest BCUT2D eigenvalue weighted by molar-refractivity contribution is -0.137. The number of rotatable bonds is 3. The third-order valence-corrected chi connectivity index (χ3v) is 2.76. The number of alkyl halides is 3. The SMILES string of the molecule is CN(C)C(=O)COc1cc(C(F)(F)F)ccc1Br. The van der Waals surface area contributed by atoms with Gasteiger partial charge < -0.3 is 9.64 Å². The second kappa shape index (κ2) is 5.60. The Morgan fingerprint density at radius 1 is 1.39 bits per heavy atom. The highest BCUT2D eigenvalue weighted by molar-refractivity contribution is 9.10. The highest BCUT2D eigenvalue weighted by atomic mass is 79.9. The monoisotopic (exact) mass is 325 g/mol. The van der Waals surface area contributed by atoms with Gasteiger partial charge in [0.05, 0.1) is 10.0 Å². The third-order valence-electron chi connectivity index (χ3n) is 2.11. The lowest BCUT2D eigenvalue weighted by Gasteiger charge is -2.14. The Bertz CT molecular complexity index is 446. The molecule has 0 aliphatic heterocycles. The molecule has 100 valence electrons. The van der Waals surface area contributed by atoms with Crippen LogP contribution in [0.3, 0.4) is 0 Å². The van der Waals surface area contributed by atoms with Gasteiger partial charge in [-0.25, -0.2) is 0 Å². The Morgan fingerprint density at radius 3 is 2.50 bits per heavy atom. The molecule has 0 N–H and O–H groups in total. The first kappa shape index (κ1) is 14.8. The molecule has 0 heterocycles. The Balaban J connectivity index is 2.85. The number of likely N-dealkylation sites (N-methyl/N-ethyl adjacent to an activating group) is 1. The van der Waals surface area contributed by atoms with Gasteiger partial charge in [-0.05, 0) is 34.1 Å². The normalized spacial score (nSPS) is 11.2. The zero-order chi connectivity index (χ0) is 13.9. The lowest BCUT2D eigenvalue weighted by atomic mass is 10.2. The molecule has 3 nitrogen and oxygen atoms in total. The predicted molar refractivity (Wildman–Crippen MR) is 63.3 cm³/mol. The van der Waals surface area contributed by atoms with E-state index in [1.165, 1.54) is 25.1 Å². The standard InChI is InChI=1S/C11H11BrF3NO2/c1-16(2)10(17)6-18-9-5-7(11(13,14)15)3-4-8(9)12/h3-5H,6H2,1-2H3. The second-order valence-electron chi connectivity index (χ2n) is 3.72. The van der Waals surface area contributed by atoms with Crippen molar-refractivity contribution in [3.05, 3.63) is 28.2 Å². The van der Waals surface area contributed by atoms with Crippen molar-refractivity contribution in [2.75, 3.05) is 20.7 Å². The summed E-state index contributed by atoms with van der Waals surface area (Å²) in [4.78, 5) is 12.6. The van der Waals surface area contributed by atoms with Crippen LogP contribution in [0.5, 0.6) is 5.75 Å². The third kappa shape index (κ3) is 3.90. The maximum absolute atomic E-state index is 12.5. The number of ether oxygens (including phenoxy) is 1. The second-order valence-corrected chi connectivity index (χ2v) is 4.57. The van der Waals surface area contributed by atoms with Crippen LogP contribution in [0.1, 0.15) is 5.56 Å². The Kier molecular flexibility index (Phi) is 4.61. The molecule has 0 aromatic heterocycles. The Morgan fingerprint density at radius 2 is 2.00 bits per heavy atom. The number of benzene rings is 1. The fourth-order valence-corrected chi connectivity index (χ4v) is 1.42. The molecule has 0 atom stereocenters. The topological polar surface area (TPSA) is 29.5 Å². The molecular formula is C11H11BrF3NO2. The summed E-state index contributed by atoms with van der Waals surface area (Å²) in [5.41, 5.74) is -0.821. The van der Waals surface area contributed by atoms with Gasteiger partial charge in [-0.2, -0.15) is 13.2 Å². The number of halogens is 4. The van der Waals surface area contributed by atoms with Gasteiger partial charge in [0.15, 0.2) is 6.61 Å². The van der Waals surface area contributed by atoms with Crippen molar-refractivity contribution in [2.24, 2.45) is 0 Å². The summed E-state index contributed by atoms with van der Waals surface area (Å²) in [6, 6.07) is 3.02. The minimum Gasteiger partial charge on any atom is -0.483 e. The fraction of sp³-hybridized carbons (Fsp3) is 0.364. The summed E-state index contributed by atoms with van der Waals surface area (Å²) < 4.78 is 42.9. The molecule has 0 bridgehead atoms. The quantitative estimate of drug-likeness (QED) is 0.855. The Hall–Kier alpha value is -1.24. The van der Waals surface area contributed by atoms with Crippen LogP contribution < -0.4 is 4.74 Å². The zero-order valence-corrected chi connectivity index (χ0v) is 11.3. The molecule has 0 fully saturated rings. The number of carbonyl (C=O) groups is 1. The van der Waals surface area contributed by atoms with Crippen molar-refractivity contribution in [1.29, 1.82) is 0 Å². The van der Waals surface area contributed by atoms with Gasteiger partial charge in [0, 0.05) is 14.1 Å². The average Bonchev–Trinajstić information content (AvgIpc) is 2.25. The van der Waals surface area contributed by atoms with Crippen molar-refractivity contribution < 1.29 is 22.7 Å². The number of hydrogen-bond acceptors (Lipinski definition) is 2. The van der Waals surface area contributed by atoms with Crippen molar-refractivity contribution in [3.63, 3.8) is 0 Å². The smallest absolute Gasteiger partial charge is 0.416 e. The van der Waals surface area contributed by atoms with Crippen LogP contribution in [0, 0.1) is 0 Å². The summed E-state index contributed by atoms with van der Waals surface area (Å²) >= 11 is 3.07. The van der Waals surface area contributed by atoms with Crippen molar-refractivity contribution in [2.45, 2.75) is 6.18 Å². The number of amides is 1. The molecule has 0 saturated carbocycles. The van der Waals surface area contributed by atoms with E-state index in [0.29, 0.717) is 4.47 Å². The molecule has 0 aliphatic rings. The van der Waals surface area contributed by atoms with Crippen molar-refractivity contribution >= 4 is 21.8 Å². The molecule has 1 amide bonds. The molecule has 1 aromatic carbocycles. The van der Waals surface area contributed by atoms with Gasteiger partial charge in [-0.15, -0.1) is 0 Å². The maximum Gasteiger partial charge on any atom is 0.416 e. The molecule has 0 unspecified atom stereocenters. The van der Waals surface area contributed by atoms with E-state index in [9.17, 15) is 18.0 Å². The average molecular weight is 326 g/mol. The van der Waals surface area contributed by atoms with E-state index < -0.39 is 11.7 Å². The number of nitrogens with zero attached hydrogens (tertiary/aromatic N) is 1. The molecule has 0 radical (unpaired) electrons. The van der Waals surface area contributed by atoms with E-state index in [4.69, 9.17) is 4.74 Å². The van der Waals surface area contributed by atoms with Crippen LogP contribution in [0.4, 0.5) is 13.2 Å². The molecule has 1 aromatic rings. The summed E-state index contributed by atoms with van der Waals surface area (Å²) in [5, 5.41) is 0. The minimum atomic E-state index is -4.44. The number of carbonyl (C=O) groups excluding carboxylic acids is 1. The molecule has 0 aliphatic carbocycles. The Labute approximate surface area is 111 Å². The van der Waals surface area contributed by atoms with Gasteiger partial charge in [-0.1, -0.05) is 0 Å². The van der Waals surface area contributed by atoms with Crippen LogP contribution in [-0.2, 0) is 11.0 Å². The summed E-state index contributed by atoms with van der Waals surface area (Å²) in [6.45, 7) is -0.313. The van der Waals surface area contributed by atoms with E-state index in [1.54, 1.807) is 0 Å². The van der Waals surface area contributed by atoms with Gasteiger partial charge in [0.1, 0.15) is 5.75 Å². The van der Waals surface area contributed by atoms with E-state index in [0.717, 1.165) is 12.1 Å². The molecule has 0 saturated heterocycles. The molecule has 0 spiro atoms. The first-order valence-electron chi connectivity index (χ1n) is 4.91. The van der Waals surface area contributed by atoms with E-state index in [1.807, 2.05) is 0 Å². The highest BCUT2D eigenvalue weighted by Gasteiger charge is 2.31. The molecule has 18 heavy (non-hydrogen) atoms. The van der Waals surface area contributed by atoms with Crippen molar-refractivity contribution in [3.8, 4) is 5.75 Å². The van der Waals surface area contributed by atoms with Gasteiger partial charge in [-0.3, -0.25) is 4.79 Å². The minimum absolute atomic E-state index is 0.0139. The fourth-order valence-electron chi connectivity index (χ4n) is 1.06. The van der Waals surface area contributed by atoms with Crippen LogP contribution in [0.2, 0.25) is 0 Å². The van der Waals surface area contributed by atoms with Crippen LogP contribution in [0.25, 0.3) is 0 Å². The zero-order valence-electron chi connectivity index (χ0n) is 9.71. The van der Waals surface area contributed by atoms with E-state index in [-0.39, 0.29) is 18.3 Å². The molecule has 1 rings (SSSR count). The lowest BCUT2D eigenvalue weighted by Crippen LogP contribution is -2.27. The molecule has 7 heteroatoms. The van der Waals surface area contributed by atoms with E-state index >= 15 is 0 Å². The van der Waals surface area contributed by atoms with Crippen molar-refractivity contribution in [1.82, 2.24) is 4.90 Å². The summed E-state index contributed by atoms with van der Waals surface area (Å²) in [7, 11) is 3.07. The largest absolute Gasteiger partial charge is 0.483 e. The summed E-state index contributed by atoms with van der Waals surface area (Å²) in [5.74, 6) is -0.348. The van der Waals surface area contributed by atoms with Crippen LogP contribution in [-0.4, -0.2) is 31.5 Å². The number of hydrogen-bond donors (Lipinski definition) is 0. The maximum atomic E-state index is 12.5. The highest BCUT2D eigenvalue weighted by Crippen LogP contribution is 2.34. The van der Waals surface area contributed by atoms with E-state index in [2.05, 4.69) is 15.9 Å².